The van der Waals surface area contributed by atoms with Crippen molar-refractivity contribution in [1.82, 2.24) is 4.90 Å². The zero-order valence-electron chi connectivity index (χ0n) is 11.5. The van der Waals surface area contributed by atoms with Crippen molar-refractivity contribution in [2.45, 2.75) is 32.6 Å². The van der Waals surface area contributed by atoms with E-state index in [0.717, 1.165) is 18.5 Å². The smallest absolute Gasteiger partial charge is 0.221 e. The summed E-state index contributed by atoms with van der Waals surface area (Å²) < 4.78 is 0. The number of aromatic hydroxyl groups is 1. The summed E-state index contributed by atoms with van der Waals surface area (Å²) in [7, 11) is 0. The number of nitrogens with one attached hydrogen (secondary N) is 1. The normalized spacial score (nSPS) is 16.3. The number of anilines is 1. The van der Waals surface area contributed by atoms with E-state index in [-0.39, 0.29) is 11.7 Å². The molecule has 2 N–H and O–H groups in total. The number of nitrogens with zero attached hydrogens (tertiary/aromatic N) is 1. The summed E-state index contributed by atoms with van der Waals surface area (Å²) in [6.45, 7) is 4.87. The van der Waals surface area contributed by atoms with Gasteiger partial charge in [-0.1, -0.05) is 12.5 Å². The number of piperidine rings is 1. The number of hydrogen-bond donors (Lipinski definition) is 2. The highest BCUT2D eigenvalue weighted by Crippen LogP contribution is 2.24. The molecule has 1 aromatic carbocycles. The van der Waals surface area contributed by atoms with Crippen LogP contribution in [0.3, 0.4) is 0 Å². The van der Waals surface area contributed by atoms with Crippen molar-refractivity contribution in [2.75, 3.05) is 25.0 Å². The average molecular weight is 262 g/mol. The second-order valence-corrected chi connectivity index (χ2v) is 5.18. The summed E-state index contributed by atoms with van der Waals surface area (Å²) in [5.74, 6) is -0.0413. The first-order valence-electron chi connectivity index (χ1n) is 6.97. The number of likely N-dealkylation sites (tertiary alicyclic amines) is 1. The van der Waals surface area contributed by atoms with Crippen molar-refractivity contribution < 1.29 is 9.90 Å². The van der Waals surface area contributed by atoms with Gasteiger partial charge in [0.15, 0.2) is 0 Å². The average Bonchev–Trinajstić information content (AvgIpc) is 2.40. The third kappa shape index (κ3) is 4.24. The van der Waals surface area contributed by atoms with E-state index in [2.05, 4.69) is 10.2 Å². The van der Waals surface area contributed by atoms with Crippen LogP contribution in [0.4, 0.5) is 5.69 Å². The molecule has 1 aliphatic rings. The summed E-state index contributed by atoms with van der Waals surface area (Å²) >= 11 is 0. The molecule has 0 aliphatic carbocycles. The molecular weight excluding hydrogens is 240 g/mol. The molecule has 1 saturated heterocycles. The lowest BCUT2D eigenvalue weighted by Crippen LogP contribution is -2.31. The van der Waals surface area contributed by atoms with E-state index in [9.17, 15) is 9.90 Å². The number of hydrogen-bond acceptors (Lipinski definition) is 3. The van der Waals surface area contributed by atoms with E-state index in [1.54, 1.807) is 6.07 Å². The lowest BCUT2D eigenvalue weighted by Gasteiger charge is -2.26. The van der Waals surface area contributed by atoms with Crippen molar-refractivity contribution in [3.8, 4) is 5.75 Å². The van der Waals surface area contributed by atoms with Gasteiger partial charge < -0.3 is 15.3 Å². The molecule has 4 heteroatoms. The highest BCUT2D eigenvalue weighted by molar-refractivity contribution is 5.90. The van der Waals surface area contributed by atoms with E-state index in [4.69, 9.17) is 0 Å². The molecule has 104 valence electrons. The van der Waals surface area contributed by atoms with E-state index in [1.807, 2.05) is 12.1 Å². The van der Waals surface area contributed by atoms with Crippen LogP contribution in [0, 0.1) is 0 Å². The van der Waals surface area contributed by atoms with Gasteiger partial charge in [-0.25, -0.2) is 0 Å². The predicted octanol–water partition coefficient (Wildman–Crippen LogP) is 2.38. The van der Waals surface area contributed by atoms with Crippen LogP contribution in [0.25, 0.3) is 0 Å². The van der Waals surface area contributed by atoms with Crippen LogP contribution in [-0.2, 0) is 11.2 Å². The summed E-state index contributed by atoms with van der Waals surface area (Å²) in [6, 6.07) is 5.43. The summed E-state index contributed by atoms with van der Waals surface area (Å²) in [4.78, 5) is 13.5. The van der Waals surface area contributed by atoms with Gasteiger partial charge in [-0.2, -0.15) is 0 Å². The second kappa shape index (κ2) is 6.57. The standard InChI is InChI=1S/C15H22N2O2/c1-12(18)16-14-11-13(5-6-15(14)19)7-10-17-8-3-2-4-9-17/h5-6,11,19H,2-4,7-10H2,1H3,(H,16,18). The molecule has 0 spiro atoms. The maximum atomic E-state index is 11.1. The summed E-state index contributed by atoms with van der Waals surface area (Å²) in [5, 5.41) is 12.3. The minimum atomic E-state index is -0.163. The lowest BCUT2D eigenvalue weighted by molar-refractivity contribution is -0.114. The Hall–Kier alpha value is -1.55. The van der Waals surface area contributed by atoms with Crippen molar-refractivity contribution in [1.29, 1.82) is 0 Å². The molecule has 0 saturated carbocycles. The van der Waals surface area contributed by atoms with Gasteiger partial charge in [0.2, 0.25) is 5.91 Å². The number of carbonyl (C=O) groups excluding carboxylic acids is 1. The fourth-order valence-electron chi connectivity index (χ4n) is 2.50. The number of rotatable bonds is 4. The van der Waals surface area contributed by atoms with Gasteiger partial charge in [-0.05, 0) is 50.0 Å². The highest BCUT2D eigenvalue weighted by atomic mass is 16.3. The number of amides is 1. The summed E-state index contributed by atoms with van der Waals surface area (Å²) in [5.41, 5.74) is 1.65. The van der Waals surface area contributed by atoms with Crippen LogP contribution in [0.1, 0.15) is 31.7 Å². The topological polar surface area (TPSA) is 52.6 Å². The molecule has 0 unspecified atom stereocenters. The van der Waals surface area contributed by atoms with Crippen molar-refractivity contribution in [2.24, 2.45) is 0 Å². The predicted molar refractivity (Wildman–Crippen MR) is 76.4 cm³/mol. The maximum absolute atomic E-state index is 11.1. The Kier molecular flexibility index (Phi) is 4.80. The summed E-state index contributed by atoms with van der Waals surface area (Å²) in [6.07, 6.45) is 4.90. The molecule has 1 aromatic rings. The first kappa shape index (κ1) is 13.9. The van der Waals surface area contributed by atoms with Crippen molar-refractivity contribution >= 4 is 11.6 Å². The molecule has 1 heterocycles. The molecule has 1 aliphatic heterocycles. The maximum Gasteiger partial charge on any atom is 0.221 e. The molecule has 0 bridgehead atoms. The molecule has 1 fully saturated rings. The quantitative estimate of drug-likeness (QED) is 0.819. The largest absolute Gasteiger partial charge is 0.506 e. The Balaban J connectivity index is 1.94. The minimum absolute atomic E-state index is 0.122. The van der Waals surface area contributed by atoms with Crippen LogP contribution < -0.4 is 5.32 Å². The Labute approximate surface area is 114 Å². The van der Waals surface area contributed by atoms with E-state index < -0.39 is 0 Å². The van der Waals surface area contributed by atoms with Gasteiger partial charge in [-0.15, -0.1) is 0 Å². The van der Waals surface area contributed by atoms with Crippen LogP contribution in [-0.4, -0.2) is 35.5 Å². The molecule has 2 rings (SSSR count). The first-order chi connectivity index (χ1) is 9.15. The molecule has 0 aromatic heterocycles. The Morgan fingerprint density at radius 2 is 2.05 bits per heavy atom. The van der Waals surface area contributed by atoms with Crippen molar-refractivity contribution in [3.63, 3.8) is 0 Å². The van der Waals surface area contributed by atoms with Crippen LogP contribution in [0.15, 0.2) is 18.2 Å². The molecule has 4 nitrogen and oxygen atoms in total. The minimum Gasteiger partial charge on any atom is -0.506 e. The van der Waals surface area contributed by atoms with Gasteiger partial charge in [0.05, 0.1) is 5.69 Å². The van der Waals surface area contributed by atoms with Crippen LogP contribution >= 0.6 is 0 Å². The van der Waals surface area contributed by atoms with Crippen LogP contribution in [0.5, 0.6) is 5.75 Å². The van der Waals surface area contributed by atoms with Gasteiger partial charge in [0.25, 0.3) is 0 Å². The van der Waals surface area contributed by atoms with Gasteiger partial charge in [0, 0.05) is 13.5 Å². The molecule has 0 radical (unpaired) electrons. The first-order valence-corrected chi connectivity index (χ1v) is 6.97. The van der Waals surface area contributed by atoms with E-state index in [0.29, 0.717) is 5.69 Å². The highest BCUT2D eigenvalue weighted by Gasteiger charge is 2.10. The van der Waals surface area contributed by atoms with Gasteiger partial charge in [0.1, 0.15) is 5.75 Å². The number of phenolic OH excluding ortho intramolecular Hbond substituents is 1. The monoisotopic (exact) mass is 262 g/mol. The third-order valence-corrected chi connectivity index (χ3v) is 3.54. The Morgan fingerprint density at radius 3 is 2.74 bits per heavy atom. The van der Waals surface area contributed by atoms with Crippen LogP contribution in [0.2, 0.25) is 0 Å². The van der Waals surface area contributed by atoms with Crippen molar-refractivity contribution in [3.05, 3.63) is 23.8 Å². The fourth-order valence-corrected chi connectivity index (χ4v) is 2.50. The Morgan fingerprint density at radius 1 is 1.32 bits per heavy atom. The molecule has 0 atom stereocenters. The number of carbonyl (C=O) groups is 1. The van der Waals surface area contributed by atoms with E-state index >= 15 is 0 Å². The molecule has 19 heavy (non-hydrogen) atoms. The zero-order chi connectivity index (χ0) is 13.7. The number of benzene rings is 1. The zero-order valence-corrected chi connectivity index (χ0v) is 11.5. The van der Waals surface area contributed by atoms with Gasteiger partial charge in [-0.3, -0.25) is 4.79 Å². The lowest BCUT2D eigenvalue weighted by atomic mass is 10.1. The second-order valence-electron chi connectivity index (χ2n) is 5.18. The number of phenols is 1. The third-order valence-electron chi connectivity index (χ3n) is 3.54. The molecular formula is C15H22N2O2. The Bertz CT molecular complexity index is 440. The fraction of sp³-hybridized carbons (Fsp3) is 0.533. The van der Waals surface area contributed by atoms with Gasteiger partial charge >= 0.3 is 0 Å². The SMILES string of the molecule is CC(=O)Nc1cc(CCN2CCCCC2)ccc1O. The molecule has 1 amide bonds. The van der Waals surface area contributed by atoms with E-state index in [1.165, 1.54) is 39.3 Å².